The molecule has 2 radical (unpaired) electrons. The van der Waals surface area contributed by atoms with Crippen LogP contribution in [0.3, 0.4) is 0 Å². The van der Waals surface area contributed by atoms with Crippen LogP contribution in [0, 0.1) is 13.2 Å². The number of hydrogen-bond donors (Lipinski definition) is 0. The van der Waals surface area contributed by atoms with Crippen molar-refractivity contribution in [2.45, 2.75) is 25.9 Å². The summed E-state index contributed by atoms with van der Waals surface area (Å²) in [5.41, 5.74) is 8.15. The smallest absolute Gasteiger partial charge is 0.373 e. The minimum atomic E-state index is -2.01. The van der Waals surface area contributed by atoms with Gasteiger partial charge in [-0.3, -0.25) is 9.78 Å². The maximum absolute atomic E-state index is 12.5. The molecule has 0 saturated heterocycles. The van der Waals surface area contributed by atoms with E-state index < -0.39 is 28.1 Å². The second-order valence-corrected chi connectivity index (χ2v) is 17.0. The Balaban J connectivity index is 2.01. The Morgan fingerprint density at radius 1 is 0.667 bits per heavy atom. The van der Waals surface area contributed by atoms with Gasteiger partial charge in [0, 0.05) is 13.0 Å². The van der Waals surface area contributed by atoms with Crippen LogP contribution in [0.4, 0.5) is 0 Å². The summed E-state index contributed by atoms with van der Waals surface area (Å²) in [5, 5.41) is 2.09. The van der Waals surface area contributed by atoms with Gasteiger partial charge in [0.2, 0.25) is 0 Å². The van der Waals surface area contributed by atoms with Crippen molar-refractivity contribution in [1.29, 1.82) is 0 Å². The molecule has 0 heterocycles. The molecule has 7 nitrogen and oxygen atoms in total. The molecule has 0 bridgehead atoms. The molecular weight excluding hydrogens is 528 g/mol. The number of benzene rings is 2. The van der Waals surface area contributed by atoms with E-state index >= 15 is 0 Å². The summed E-state index contributed by atoms with van der Waals surface area (Å²) in [6, 6.07) is 13.9. The second kappa shape index (κ2) is 15.3. The normalized spacial score (nSPS) is 11.5. The van der Waals surface area contributed by atoms with Crippen molar-refractivity contribution in [2.75, 3.05) is 13.2 Å². The zero-order valence-corrected chi connectivity index (χ0v) is 24.6. The maximum atomic E-state index is 12.5. The highest BCUT2D eigenvalue weighted by Gasteiger charge is 2.25. The van der Waals surface area contributed by atoms with E-state index in [2.05, 4.69) is 46.3 Å². The topological polar surface area (TPSA) is 80.3 Å². The SMILES string of the molecule is [CH2]CCOCC[C](OOC(=O)c1ccc([Si](C)(C=C)C=C)cc1)OOC(=O)c1ccc([Si](C)(C=C)C=C)cc1. The molecule has 39 heavy (non-hydrogen) atoms. The third kappa shape index (κ3) is 8.84. The van der Waals surface area contributed by atoms with Crippen LogP contribution in [0.15, 0.2) is 97.6 Å². The lowest BCUT2D eigenvalue weighted by atomic mass is 10.2. The fourth-order valence-electron chi connectivity index (χ4n) is 3.29. The fourth-order valence-corrected chi connectivity index (χ4v) is 6.34. The van der Waals surface area contributed by atoms with Gasteiger partial charge in [0.1, 0.15) is 16.1 Å². The lowest BCUT2D eigenvalue weighted by Gasteiger charge is -2.19. The molecule has 0 N–H and O–H groups in total. The Hall–Kier alpha value is -3.35. The van der Waals surface area contributed by atoms with Gasteiger partial charge in [-0.1, -0.05) is 77.5 Å². The highest BCUT2D eigenvalue weighted by molar-refractivity contribution is 6.99. The number of carbonyl (C=O) groups is 2. The Labute approximate surface area is 233 Å². The van der Waals surface area contributed by atoms with Gasteiger partial charge in [-0.05, 0) is 30.7 Å². The number of ether oxygens (including phenoxy) is 1. The molecule has 0 atom stereocenters. The number of hydrogen-bond acceptors (Lipinski definition) is 7. The summed E-state index contributed by atoms with van der Waals surface area (Å²) in [5.74, 6) is -1.50. The first-order valence-corrected chi connectivity index (χ1v) is 17.7. The third-order valence-electron chi connectivity index (χ3n) is 6.34. The van der Waals surface area contributed by atoms with Gasteiger partial charge in [-0.25, -0.2) is 9.59 Å². The zero-order chi connectivity index (χ0) is 28.9. The molecule has 2 aromatic carbocycles. The molecule has 0 aliphatic carbocycles. The second-order valence-electron chi connectivity index (χ2n) is 9.03. The lowest BCUT2D eigenvalue weighted by molar-refractivity contribution is -0.364. The maximum Gasteiger partial charge on any atom is 0.373 e. The van der Waals surface area contributed by atoms with Crippen LogP contribution < -0.4 is 10.4 Å². The molecule has 206 valence electrons. The van der Waals surface area contributed by atoms with Gasteiger partial charge in [0.05, 0.1) is 17.7 Å². The number of rotatable bonds is 17. The van der Waals surface area contributed by atoms with Crippen LogP contribution in [0.5, 0.6) is 0 Å². The first-order valence-electron chi connectivity index (χ1n) is 12.4. The van der Waals surface area contributed by atoms with E-state index in [9.17, 15) is 9.59 Å². The minimum Gasteiger partial charge on any atom is -0.381 e. The van der Waals surface area contributed by atoms with Crippen molar-refractivity contribution in [1.82, 2.24) is 0 Å². The van der Waals surface area contributed by atoms with E-state index in [4.69, 9.17) is 24.3 Å². The van der Waals surface area contributed by atoms with E-state index in [1.54, 1.807) is 24.3 Å². The van der Waals surface area contributed by atoms with E-state index in [1.807, 2.05) is 47.1 Å². The Kier molecular flexibility index (Phi) is 12.5. The molecule has 0 saturated carbocycles. The molecule has 0 amide bonds. The molecule has 0 aliphatic rings. The highest BCUT2D eigenvalue weighted by atomic mass is 28.3. The van der Waals surface area contributed by atoms with E-state index in [-0.39, 0.29) is 30.4 Å². The number of carbonyl (C=O) groups excluding carboxylic acids is 2. The van der Waals surface area contributed by atoms with Gasteiger partial charge in [-0.2, -0.15) is 0 Å². The predicted octanol–water partition coefficient (Wildman–Crippen LogP) is 5.16. The summed E-state index contributed by atoms with van der Waals surface area (Å²) >= 11 is 0. The molecule has 0 aromatic heterocycles. The van der Waals surface area contributed by atoms with Gasteiger partial charge < -0.3 is 4.74 Å². The standard InChI is InChI=1S/C30H36O7Si2/c1-8-22-33-23-21-28(34-36-29(31)24-13-17-26(18-14-24)38(6,9-2)10-3)35-37-30(32)25-15-19-27(20-16-25)39(7,11-4)12-5/h9-20H,1-5,8,21-23H2,6-7H3. The Bertz CT molecular complexity index is 1040. The van der Waals surface area contributed by atoms with Crippen LogP contribution in [-0.2, 0) is 24.3 Å². The van der Waals surface area contributed by atoms with E-state index in [1.165, 1.54) is 0 Å². The van der Waals surface area contributed by atoms with Crippen LogP contribution in [0.2, 0.25) is 13.1 Å². The van der Waals surface area contributed by atoms with Gasteiger partial charge in [-0.15, -0.1) is 36.1 Å². The van der Waals surface area contributed by atoms with Gasteiger partial charge in [0.25, 0.3) is 0 Å². The molecule has 0 aliphatic heterocycles. The molecule has 0 unspecified atom stereocenters. The molecule has 9 heteroatoms. The average Bonchev–Trinajstić information content (AvgIpc) is 2.99. The van der Waals surface area contributed by atoms with E-state index in [0.29, 0.717) is 13.0 Å². The van der Waals surface area contributed by atoms with Crippen LogP contribution >= 0.6 is 0 Å². The fraction of sp³-hybridized carbons (Fsp3) is 0.200. The molecule has 0 spiro atoms. The van der Waals surface area contributed by atoms with Gasteiger partial charge in [0.15, 0.2) is 0 Å². The first kappa shape index (κ1) is 31.9. The van der Waals surface area contributed by atoms with Crippen molar-refractivity contribution in [3.05, 3.63) is 122 Å². The summed E-state index contributed by atoms with van der Waals surface area (Å²) in [6.07, 6.45) is 0.362. The Morgan fingerprint density at radius 2 is 1.05 bits per heavy atom. The zero-order valence-electron chi connectivity index (χ0n) is 22.6. The van der Waals surface area contributed by atoms with Crippen LogP contribution in [-0.4, -0.2) is 41.3 Å². The summed E-state index contributed by atoms with van der Waals surface area (Å²) in [4.78, 5) is 45.1. The van der Waals surface area contributed by atoms with Crippen molar-refractivity contribution >= 4 is 38.5 Å². The monoisotopic (exact) mass is 564 g/mol. The molecule has 0 fully saturated rings. The predicted molar refractivity (Wildman–Crippen MR) is 158 cm³/mol. The molecular formula is C30H36O7Si2. The van der Waals surface area contributed by atoms with Crippen molar-refractivity contribution in [2.24, 2.45) is 0 Å². The van der Waals surface area contributed by atoms with E-state index in [0.717, 1.165) is 10.4 Å². The summed E-state index contributed by atoms with van der Waals surface area (Å²) in [6.45, 7) is 24.1. The molecule has 2 rings (SSSR count). The quantitative estimate of drug-likeness (QED) is 0.114. The van der Waals surface area contributed by atoms with Crippen molar-refractivity contribution < 1.29 is 33.9 Å². The van der Waals surface area contributed by atoms with Crippen molar-refractivity contribution in [3.8, 4) is 0 Å². The lowest BCUT2D eigenvalue weighted by Crippen LogP contribution is -2.40. The van der Waals surface area contributed by atoms with Crippen LogP contribution in [0.25, 0.3) is 0 Å². The first-order chi connectivity index (χ1) is 18.7. The molecule has 2 aromatic rings. The van der Waals surface area contributed by atoms with Crippen LogP contribution in [0.1, 0.15) is 33.6 Å². The average molecular weight is 565 g/mol. The van der Waals surface area contributed by atoms with Crippen molar-refractivity contribution in [3.63, 3.8) is 0 Å². The highest BCUT2D eigenvalue weighted by Crippen LogP contribution is 2.16. The summed E-state index contributed by atoms with van der Waals surface area (Å²) < 4.78 is 5.38. The largest absolute Gasteiger partial charge is 0.381 e. The minimum absolute atomic E-state index is 0.0453. The third-order valence-corrected chi connectivity index (χ3v) is 12.9. The Morgan fingerprint density at radius 3 is 1.38 bits per heavy atom. The van der Waals surface area contributed by atoms with Gasteiger partial charge >= 0.3 is 18.2 Å². The summed E-state index contributed by atoms with van der Waals surface area (Å²) in [7, 11) is -4.02.